The highest BCUT2D eigenvalue weighted by Gasteiger charge is 2.24. The number of rotatable bonds is 0. The van der Waals surface area contributed by atoms with Crippen LogP contribution < -0.4 is 0 Å². The van der Waals surface area contributed by atoms with E-state index in [1.807, 2.05) is 27.7 Å². The van der Waals surface area contributed by atoms with Crippen molar-refractivity contribution < 1.29 is 38.1 Å². The van der Waals surface area contributed by atoms with E-state index in [9.17, 15) is 19.2 Å². The third-order valence-electron chi connectivity index (χ3n) is 6.52. The standard InChI is InChI=1S/C30H52O8/c1-29(2)21-35-25(31)17-13-9-5-7-11-15-19-27(33)37-23-30(3,4)24-38-28(34)20-16-12-8-6-10-14-18-26(32)36-22-29/h5-24H2,1-4H3. The molecule has 0 aromatic carbocycles. The molecule has 0 radical (unpaired) electrons. The molecule has 1 fully saturated rings. The van der Waals surface area contributed by atoms with Crippen molar-refractivity contribution in [2.24, 2.45) is 10.8 Å². The molecule has 1 heterocycles. The first kappa shape index (κ1) is 33.9. The molecule has 0 N–H and O–H groups in total. The Bertz CT molecular complexity index is 597. The summed E-state index contributed by atoms with van der Waals surface area (Å²) in [5, 5.41) is 0. The van der Waals surface area contributed by atoms with Crippen LogP contribution in [0.1, 0.15) is 130 Å². The van der Waals surface area contributed by atoms with Crippen LogP contribution in [0.25, 0.3) is 0 Å². The number of esters is 4. The molecule has 38 heavy (non-hydrogen) atoms. The highest BCUT2D eigenvalue weighted by atomic mass is 16.6. The second kappa shape index (κ2) is 19.0. The van der Waals surface area contributed by atoms with E-state index >= 15 is 0 Å². The molecule has 1 aliphatic heterocycles. The molecular formula is C30H52O8. The fourth-order valence-corrected chi connectivity index (χ4v) is 3.97. The van der Waals surface area contributed by atoms with Crippen LogP contribution >= 0.6 is 0 Å². The van der Waals surface area contributed by atoms with Crippen LogP contribution in [-0.4, -0.2) is 50.3 Å². The third-order valence-corrected chi connectivity index (χ3v) is 6.52. The number of hydrogen-bond acceptors (Lipinski definition) is 8. The molecule has 8 nitrogen and oxygen atoms in total. The van der Waals surface area contributed by atoms with Crippen molar-refractivity contribution in [2.75, 3.05) is 26.4 Å². The van der Waals surface area contributed by atoms with Crippen LogP contribution in [0.3, 0.4) is 0 Å². The summed E-state index contributed by atoms with van der Waals surface area (Å²) in [6.45, 7) is 8.57. The Kier molecular flexibility index (Phi) is 17.0. The Morgan fingerprint density at radius 1 is 0.368 bits per heavy atom. The molecule has 1 rings (SSSR count). The highest BCUT2D eigenvalue weighted by Crippen LogP contribution is 2.20. The van der Waals surface area contributed by atoms with Gasteiger partial charge in [0.15, 0.2) is 0 Å². The van der Waals surface area contributed by atoms with Crippen LogP contribution in [0.2, 0.25) is 0 Å². The SMILES string of the molecule is CC1(C)COC(=O)CCCCCCCCC(=O)OCC(C)(C)COC(=O)CCCCCCCCC(=O)OC1. The van der Waals surface area contributed by atoms with Crippen molar-refractivity contribution in [1.29, 1.82) is 0 Å². The van der Waals surface area contributed by atoms with E-state index in [2.05, 4.69) is 0 Å². The summed E-state index contributed by atoms with van der Waals surface area (Å²) in [6, 6.07) is 0. The molecule has 0 amide bonds. The third kappa shape index (κ3) is 19.0. The van der Waals surface area contributed by atoms with E-state index in [1.165, 1.54) is 0 Å². The van der Waals surface area contributed by atoms with Gasteiger partial charge in [0.25, 0.3) is 0 Å². The molecule has 0 saturated carbocycles. The number of hydrogen-bond donors (Lipinski definition) is 0. The topological polar surface area (TPSA) is 105 Å². The zero-order chi connectivity index (χ0) is 28.3. The van der Waals surface area contributed by atoms with Crippen molar-refractivity contribution in [3.8, 4) is 0 Å². The van der Waals surface area contributed by atoms with E-state index in [1.54, 1.807) is 0 Å². The average molecular weight is 541 g/mol. The lowest BCUT2D eigenvalue weighted by Crippen LogP contribution is -2.28. The first-order valence-electron chi connectivity index (χ1n) is 14.6. The van der Waals surface area contributed by atoms with Gasteiger partial charge in [-0.3, -0.25) is 19.2 Å². The Morgan fingerprint density at radius 2 is 0.553 bits per heavy atom. The maximum atomic E-state index is 12.1. The minimum absolute atomic E-state index is 0.218. The Hall–Kier alpha value is -2.12. The van der Waals surface area contributed by atoms with Crippen LogP contribution in [-0.2, 0) is 38.1 Å². The minimum atomic E-state index is -0.427. The molecule has 0 atom stereocenters. The summed E-state index contributed by atoms with van der Waals surface area (Å²) in [5.41, 5.74) is -0.853. The van der Waals surface area contributed by atoms with E-state index in [4.69, 9.17) is 18.9 Å². The van der Waals surface area contributed by atoms with Crippen LogP contribution in [0.15, 0.2) is 0 Å². The average Bonchev–Trinajstić information content (AvgIpc) is 2.86. The molecule has 0 spiro atoms. The molecule has 8 heteroatoms. The smallest absolute Gasteiger partial charge is 0.305 e. The first-order chi connectivity index (χ1) is 18.0. The lowest BCUT2D eigenvalue weighted by molar-refractivity contribution is -0.154. The Morgan fingerprint density at radius 3 is 0.763 bits per heavy atom. The normalized spacial score (nSPS) is 23.7. The number of cyclic esters (lactones) is 4. The summed E-state index contributed by atoms with van der Waals surface area (Å²) in [7, 11) is 0. The predicted molar refractivity (Wildman–Crippen MR) is 145 cm³/mol. The molecule has 0 bridgehead atoms. The van der Waals surface area contributed by atoms with Crippen LogP contribution in [0.4, 0.5) is 0 Å². The second-order valence-electron chi connectivity index (χ2n) is 12.2. The fourth-order valence-electron chi connectivity index (χ4n) is 3.97. The molecule has 0 aromatic heterocycles. The maximum absolute atomic E-state index is 12.1. The molecule has 0 unspecified atom stereocenters. The van der Waals surface area contributed by atoms with Gasteiger partial charge in [0.2, 0.25) is 0 Å². The van der Waals surface area contributed by atoms with Gasteiger partial charge in [0.1, 0.15) is 0 Å². The molecule has 220 valence electrons. The monoisotopic (exact) mass is 540 g/mol. The first-order valence-corrected chi connectivity index (χ1v) is 14.6. The Balaban J connectivity index is 2.46. The van der Waals surface area contributed by atoms with Gasteiger partial charge in [0.05, 0.1) is 26.4 Å². The Labute approximate surface area is 229 Å². The number of carbonyl (C=O) groups is 4. The molecule has 0 aromatic rings. The van der Waals surface area contributed by atoms with E-state index in [0.29, 0.717) is 25.7 Å². The van der Waals surface area contributed by atoms with Crippen molar-refractivity contribution in [3.63, 3.8) is 0 Å². The minimum Gasteiger partial charge on any atom is -0.465 e. The predicted octanol–water partition coefficient (Wildman–Crippen LogP) is 6.47. The van der Waals surface area contributed by atoms with Crippen LogP contribution in [0.5, 0.6) is 0 Å². The molecule has 0 aliphatic carbocycles. The van der Waals surface area contributed by atoms with Gasteiger partial charge in [-0.05, 0) is 25.7 Å². The highest BCUT2D eigenvalue weighted by molar-refractivity contribution is 5.70. The van der Waals surface area contributed by atoms with Gasteiger partial charge in [-0.1, -0.05) is 79.1 Å². The molecule has 1 saturated heterocycles. The zero-order valence-electron chi connectivity index (χ0n) is 24.4. The lowest BCUT2D eigenvalue weighted by atomic mass is 9.96. The summed E-state index contributed by atoms with van der Waals surface area (Å²) >= 11 is 0. The van der Waals surface area contributed by atoms with Gasteiger partial charge in [-0.2, -0.15) is 0 Å². The van der Waals surface area contributed by atoms with Crippen molar-refractivity contribution in [1.82, 2.24) is 0 Å². The maximum Gasteiger partial charge on any atom is 0.305 e. The van der Waals surface area contributed by atoms with E-state index in [0.717, 1.165) is 77.0 Å². The van der Waals surface area contributed by atoms with E-state index < -0.39 is 10.8 Å². The van der Waals surface area contributed by atoms with Gasteiger partial charge < -0.3 is 18.9 Å². The quantitative estimate of drug-likeness (QED) is 0.254. The van der Waals surface area contributed by atoms with Gasteiger partial charge in [0, 0.05) is 36.5 Å². The van der Waals surface area contributed by atoms with Crippen molar-refractivity contribution in [2.45, 2.75) is 130 Å². The zero-order valence-corrected chi connectivity index (χ0v) is 24.4. The van der Waals surface area contributed by atoms with Crippen molar-refractivity contribution in [3.05, 3.63) is 0 Å². The van der Waals surface area contributed by atoms with Crippen molar-refractivity contribution >= 4 is 23.9 Å². The second-order valence-corrected chi connectivity index (χ2v) is 12.2. The van der Waals surface area contributed by atoms with E-state index in [-0.39, 0.29) is 50.3 Å². The van der Waals surface area contributed by atoms with Gasteiger partial charge >= 0.3 is 23.9 Å². The largest absolute Gasteiger partial charge is 0.465 e. The fraction of sp³-hybridized carbons (Fsp3) is 0.867. The van der Waals surface area contributed by atoms with Gasteiger partial charge in [-0.15, -0.1) is 0 Å². The summed E-state index contributed by atoms with van der Waals surface area (Å²) in [5.74, 6) is -0.872. The molecular weight excluding hydrogens is 488 g/mol. The number of carbonyl (C=O) groups excluding carboxylic acids is 4. The summed E-state index contributed by atoms with van der Waals surface area (Å²) in [6.07, 6.45) is 12.4. The van der Waals surface area contributed by atoms with Crippen LogP contribution in [0, 0.1) is 10.8 Å². The van der Waals surface area contributed by atoms with Gasteiger partial charge in [-0.25, -0.2) is 0 Å². The lowest BCUT2D eigenvalue weighted by Gasteiger charge is -2.23. The summed E-state index contributed by atoms with van der Waals surface area (Å²) < 4.78 is 21.6. The summed E-state index contributed by atoms with van der Waals surface area (Å²) in [4.78, 5) is 48.3. The number of ether oxygens (including phenoxy) is 4. The molecule has 1 aliphatic rings.